The predicted molar refractivity (Wildman–Crippen MR) is 192 cm³/mol. The summed E-state index contributed by atoms with van der Waals surface area (Å²) in [7, 11) is -7.37. The fraction of sp³-hybridized carbons (Fsp3) is 0.297. The van der Waals surface area contributed by atoms with Crippen LogP contribution in [0.2, 0.25) is 0 Å². The third-order valence-electron chi connectivity index (χ3n) is 8.95. The van der Waals surface area contributed by atoms with Gasteiger partial charge < -0.3 is 10.6 Å². The third-order valence-corrected chi connectivity index (χ3v) is 12.6. The zero-order valence-corrected chi connectivity index (χ0v) is 28.8. The molecule has 0 saturated heterocycles. The molecule has 2 aliphatic rings. The van der Waals surface area contributed by atoms with Crippen LogP contribution in [0.3, 0.4) is 0 Å². The van der Waals surface area contributed by atoms with E-state index in [1.54, 1.807) is 24.3 Å². The molecule has 4 aromatic rings. The van der Waals surface area contributed by atoms with Gasteiger partial charge in [-0.3, -0.25) is 18.2 Å². The van der Waals surface area contributed by atoms with Crippen LogP contribution in [0.15, 0.2) is 107 Å². The molecule has 0 unspecified atom stereocenters. The largest absolute Gasteiger partial charge is 0.326 e. The van der Waals surface area contributed by atoms with E-state index in [4.69, 9.17) is 0 Å². The smallest absolute Gasteiger partial charge is 0.264 e. The molecule has 10 nitrogen and oxygen atoms in total. The van der Waals surface area contributed by atoms with E-state index in [-0.39, 0.29) is 21.6 Å². The molecule has 256 valence electrons. The van der Waals surface area contributed by atoms with Crippen molar-refractivity contribution in [3.63, 3.8) is 0 Å². The first kappa shape index (κ1) is 34.2. The van der Waals surface area contributed by atoms with E-state index in [1.165, 1.54) is 32.9 Å². The number of benzene rings is 4. The van der Waals surface area contributed by atoms with Crippen LogP contribution in [0.5, 0.6) is 0 Å². The molecule has 0 atom stereocenters. The molecule has 0 aliphatic carbocycles. The van der Waals surface area contributed by atoms with Gasteiger partial charge in [0.15, 0.2) is 0 Å². The predicted octanol–water partition coefficient (Wildman–Crippen LogP) is 6.50. The summed E-state index contributed by atoms with van der Waals surface area (Å²) in [5, 5.41) is 5.68. The van der Waals surface area contributed by atoms with Crippen LogP contribution in [0.1, 0.15) is 56.1 Å². The normalized spacial score (nSPS) is 14.0. The second-order valence-corrected chi connectivity index (χ2v) is 16.0. The number of sulfonamides is 2. The summed E-state index contributed by atoms with van der Waals surface area (Å²) in [6, 6.07) is 27.6. The second-order valence-electron chi connectivity index (χ2n) is 12.3. The van der Waals surface area contributed by atoms with Crippen LogP contribution >= 0.6 is 0 Å². The Morgan fingerprint density at radius 3 is 1.29 bits per heavy atom. The number of amides is 2. The van der Waals surface area contributed by atoms with Crippen LogP contribution in [0, 0.1) is 0 Å². The van der Waals surface area contributed by atoms with Crippen molar-refractivity contribution in [3.8, 4) is 0 Å². The van der Waals surface area contributed by atoms with Crippen molar-refractivity contribution in [1.29, 1.82) is 0 Å². The van der Waals surface area contributed by atoms with Crippen molar-refractivity contribution in [2.24, 2.45) is 0 Å². The first-order valence-corrected chi connectivity index (χ1v) is 19.5. The van der Waals surface area contributed by atoms with Gasteiger partial charge in [0.1, 0.15) is 0 Å². The number of hydrogen-bond donors (Lipinski definition) is 2. The number of para-hydroxylation sites is 2. The Balaban J connectivity index is 0.862. The Bertz CT molecular complexity index is 1880. The number of hydrogen-bond acceptors (Lipinski definition) is 6. The Labute approximate surface area is 288 Å². The molecule has 2 N–H and O–H groups in total. The van der Waals surface area contributed by atoms with Crippen molar-refractivity contribution in [2.75, 3.05) is 32.3 Å². The molecule has 2 aliphatic heterocycles. The second kappa shape index (κ2) is 14.8. The number of anilines is 4. The molecule has 6 rings (SSSR count). The quantitative estimate of drug-likeness (QED) is 0.144. The number of fused-ring (bicyclic) bond motifs is 2. The summed E-state index contributed by atoms with van der Waals surface area (Å²) in [6.45, 7) is 0.820. The Hall–Kier alpha value is -4.68. The van der Waals surface area contributed by atoms with Crippen LogP contribution in [-0.4, -0.2) is 41.7 Å². The Morgan fingerprint density at radius 2 is 0.878 bits per heavy atom. The van der Waals surface area contributed by atoms with Gasteiger partial charge in [0.05, 0.1) is 21.2 Å². The number of nitrogens with zero attached hydrogens (tertiary/aromatic N) is 2. The summed E-state index contributed by atoms with van der Waals surface area (Å²) < 4.78 is 55.7. The summed E-state index contributed by atoms with van der Waals surface area (Å²) in [6.07, 6.45) is 6.06. The molecule has 49 heavy (non-hydrogen) atoms. The zero-order chi connectivity index (χ0) is 34.4. The van der Waals surface area contributed by atoms with Gasteiger partial charge in [-0.15, -0.1) is 0 Å². The van der Waals surface area contributed by atoms with Crippen LogP contribution in [-0.2, 0) is 42.5 Å². The average molecular weight is 701 g/mol. The van der Waals surface area contributed by atoms with E-state index < -0.39 is 20.0 Å². The topological polar surface area (TPSA) is 133 Å². The maximum absolute atomic E-state index is 13.2. The lowest BCUT2D eigenvalue weighted by Gasteiger charge is -2.19. The van der Waals surface area contributed by atoms with Crippen molar-refractivity contribution in [1.82, 2.24) is 0 Å². The van der Waals surface area contributed by atoms with Crippen molar-refractivity contribution in [2.45, 2.75) is 67.6 Å². The highest BCUT2D eigenvalue weighted by atomic mass is 32.2. The molecule has 0 saturated carbocycles. The highest BCUT2D eigenvalue weighted by Gasteiger charge is 2.31. The summed E-state index contributed by atoms with van der Waals surface area (Å²) >= 11 is 0. The van der Waals surface area contributed by atoms with Gasteiger partial charge in [-0.2, -0.15) is 0 Å². The lowest BCUT2D eigenvalue weighted by Crippen LogP contribution is -2.29. The molecule has 2 amide bonds. The highest BCUT2D eigenvalue weighted by molar-refractivity contribution is 7.93. The minimum Gasteiger partial charge on any atom is -0.326 e. The van der Waals surface area contributed by atoms with Crippen molar-refractivity contribution >= 4 is 54.6 Å². The lowest BCUT2D eigenvalue weighted by atomic mass is 10.1. The Kier molecular flexibility index (Phi) is 10.4. The first-order chi connectivity index (χ1) is 23.6. The molecule has 0 radical (unpaired) electrons. The fourth-order valence-corrected chi connectivity index (χ4v) is 9.35. The summed E-state index contributed by atoms with van der Waals surface area (Å²) in [4.78, 5) is 25.3. The van der Waals surface area contributed by atoms with E-state index in [2.05, 4.69) is 10.6 Å². The van der Waals surface area contributed by atoms with E-state index in [0.717, 1.165) is 30.4 Å². The summed E-state index contributed by atoms with van der Waals surface area (Å²) in [5.41, 5.74) is 4.55. The molecule has 0 fully saturated rings. The van der Waals surface area contributed by atoms with E-state index >= 15 is 0 Å². The molecule has 12 heteroatoms. The Morgan fingerprint density at radius 1 is 0.510 bits per heavy atom. The molecule has 0 spiro atoms. The van der Waals surface area contributed by atoms with Gasteiger partial charge in [-0.1, -0.05) is 55.7 Å². The van der Waals surface area contributed by atoms with Gasteiger partial charge in [-0.25, -0.2) is 16.8 Å². The van der Waals surface area contributed by atoms with Gasteiger partial charge in [0.2, 0.25) is 11.8 Å². The van der Waals surface area contributed by atoms with Crippen LogP contribution in [0.4, 0.5) is 22.7 Å². The van der Waals surface area contributed by atoms with Gasteiger partial charge in [0.25, 0.3) is 20.0 Å². The minimum atomic E-state index is -3.69. The minimum absolute atomic E-state index is 0.132. The average Bonchev–Trinajstić information content (AvgIpc) is 3.74. The maximum atomic E-state index is 13.2. The molecule has 0 aromatic heterocycles. The number of nitrogens with one attached hydrogen (secondary N) is 2. The third kappa shape index (κ3) is 7.81. The van der Waals surface area contributed by atoms with Gasteiger partial charge >= 0.3 is 0 Å². The van der Waals surface area contributed by atoms with Crippen molar-refractivity contribution < 1.29 is 26.4 Å². The van der Waals surface area contributed by atoms with Crippen LogP contribution in [0.25, 0.3) is 0 Å². The zero-order valence-electron chi connectivity index (χ0n) is 27.2. The number of carbonyl (C=O) groups is 2. The molecule has 0 bridgehead atoms. The number of unbranched alkanes of at least 4 members (excludes halogenated alkanes) is 4. The molecule has 2 heterocycles. The van der Waals surface area contributed by atoms with Crippen molar-refractivity contribution in [3.05, 3.63) is 108 Å². The van der Waals surface area contributed by atoms with E-state index in [1.807, 2.05) is 48.5 Å². The van der Waals surface area contributed by atoms with Gasteiger partial charge in [0, 0.05) is 37.3 Å². The number of carbonyl (C=O) groups excluding carboxylic acids is 2. The standard InChI is InChI=1S/C37H40N4O6S2/c42-36(38-30-16-20-32(21-17-30)48(44,45)40-26-24-28-10-6-8-12-34(28)40)14-4-2-1-3-5-15-37(43)39-31-18-22-33(23-19-31)49(46,47)41-27-25-29-11-7-9-13-35(29)41/h6-13,16-23H,1-5,14-15,24-27H2,(H,38,42)(H,39,43). The SMILES string of the molecule is O=C(CCCCCCCC(=O)Nc1ccc(S(=O)(=O)N2CCc3ccccc32)cc1)Nc1ccc(S(=O)(=O)N2CCc3ccccc32)cc1. The monoisotopic (exact) mass is 700 g/mol. The highest BCUT2D eigenvalue weighted by Crippen LogP contribution is 2.34. The molecular formula is C37H40N4O6S2. The van der Waals surface area contributed by atoms with E-state index in [0.29, 0.717) is 74.4 Å². The summed E-state index contributed by atoms with van der Waals surface area (Å²) in [5.74, 6) is -0.264. The van der Waals surface area contributed by atoms with E-state index in [9.17, 15) is 26.4 Å². The maximum Gasteiger partial charge on any atom is 0.264 e. The lowest BCUT2D eigenvalue weighted by molar-refractivity contribution is -0.117. The van der Waals surface area contributed by atoms with Gasteiger partial charge in [-0.05, 0) is 97.5 Å². The fourth-order valence-electron chi connectivity index (χ4n) is 6.34. The molecular weight excluding hydrogens is 661 g/mol. The molecule has 4 aromatic carbocycles. The first-order valence-electron chi connectivity index (χ1n) is 16.6. The number of rotatable bonds is 14. The van der Waals surface area contributed by atoms with Crippen LogP contribution < -0.4 is 19.2 Å².